The number of hydrogen-bond donors (Lipinski definition) is 1. The lowest BCUT2D eigenvalue weighted by molar-refractivity contribution is -0.124. The van der Waals surface area contributed by atoms with Gasteiger partial charge in [0.05, 0.1) is 0 Å². The topological polar surface area (TPSA) is 38.3 Å². The zero-order valence-electron chi connectivity index (χ0n) is 10.4. The van der Waals surface area contributed by atoms with Gasteiger partial charge in [0.25, 0.3) is 5.91 Å². The first-order chi connectivity index (χ1) is 7.99. The van der Waals surface area contributed by atoms with Gasteiger partial charge in [-0.1, -0.05) is 31.5 Å². The summed E-state index contributed by atoms with van der Waals surface area (Å²) in [5.41, 5.74) is 0. The molecule has 0 radical (unpaired) electrons. The van der Waals surface area contributed by atoms with E-state index >= 15 is 0 Å². The summed E-state index contributed by atoms with van der Waals surface area (Å²) in [5, 5.41) is 3.46. The highest BCUT2D eigenvalue weighted by molar-refractivity contribution is 6.30. The standard InChI is InChI=1S/C13H18ClNO2/c1-9(2)10(3)15-13(16)8-17-12-6-4-5-11(14)7-12/h4-7,9-10H,8H2,1-3H3,(H,15,16)/t10-/m1/s1. The number of hydrogen-bond acceptors (Lipinski definition) is 2. The molecule has 1 N–H and O–H groups in total. The highest BCUT2D eigenvalue weighted by Gasteiger charge is 2.10. The molecule has 17 heavy (non-hydrogen) atoms. The summed E-state index contributed by atoms with van der Waals surface area (Å²) >= 11 is 5.81. The van der Waals surface area contributed by atoms with Crippen molar-refractivity contribution in [1.82, 2.24) is 5.32 Å². The molecule has 3 nitrogen and oxygen atoms in total. The number of benzene rings is 1. The van der Waals surface area contributed by atoms with Gasteiger partial charge in [0.15, 0.2) is 6.61 Å². The summed E-state index contributed by atoms with van der Waals surface area (Å²) in [5.74, 6) is 0.890. The van der Waals surface area contributed by atoms with E-state index < -0.39 is 0 Å². The lowest BCUT2D eigenvalue weighted by Gasteiger charge is -2.17. The normalized spacial score (nSPS) is 12.3. The molecule has 1 aromatic rings. The van der Waals surface area contributed by atoms with Crippen molar-refractivity contribution < 1.29 is 9.53 Å². The molecule has 0 spiro atoms. The van der Waals surface area contributed by atoms with E-state index in [2.05, 4.69) is 19.2 Å². The largest absolute Gasteiger partial charge is 0.484 e. The second-order valence-electron chi connectivity index (χ2n) is 4.35. The molecule has 0 aliphatic heterocycles. The Morgan fingerprint density at radius 3 is 2.71 bits per heavy atom. The van der Waals surface area contributed by atoms with Gasteiger partial charge in [-0.15, -0.1) is 0 Å². The van der Waals surface area contributed by atoms with Gasteiger partial charge < -0.3 is 10.1 Å². The van der Waals surface area contributed by atoms with Crippen LogP contribution >= 0.6 is 11.6 Å². The number of carbonyl (C=O) groups is 1. The van der Waals surface area contributed by atoms with E-state index in [1.165, 1.54) is 0 Å². The molecule has 94 valence electrons. The molecule has 0 saturated carbocycles. The summed E-state index contributed by atoms with van der Waals surface area (Å²) < 4.78 is 5.33. The second kappa shape index (κ2) is 6.50. The van der Waals surface area contributed by atoms with Crippen LogP contribution in [0.15, 0.2) is 24.3 Å². The predicted octanol–water partition coefficient (Wildman–Crippen LogP) is 2.88. The summed E-state index contributed by atoms with van der Waals surface area (Å²) in [4.78, 5) is 11.5. The van der Waals surface area contributed by atoms with Crippen molar-refractivity contribution in [3.63, 3.8) is 0 Å². The number of amides is 1. The van der Waals surface area contributed by atoms with Crippen molar-refractivity contribution in [3.8, 4) is 5.75 Å². The van der Waals surface area contributed by atoms with Gasteiger partial charge in [0.2, 0.25) is 0 Å². The van der Waals surface area contributed by atoms with Crippen LogP contribution in [0.1, 0.15) is 20.8 Å². The minimum absolute atomic E-state index is 0.0113. The molecule has 0 bridgehead atoms. The van der Waals surface area contributed by atoms with E-state index in [4.69, 9.17) is 16.3 Å². The van der Waals surface area contributed by atoms with Crippen LogP contribution in [0.2, 0.25) is 5.02 Å². The first-order valence-electron chi connectivity index (χ1n) is 5.66. The molecule has 0 aromatic heterocycles. The number of halogens is 1. The van der Waals surface area contributed by atoms with Gasteiger partial charge in [-0.25, -0.2) is 0 Å². The Bertz CT molecular complexity index is 379. The average molecular weight is 256 g/mol. The summed E-state index contributed by atoms with van der Waals surface area (Å²) in [7, 11) is 0. The van der Waals surface area contributed by atoms with Crippen molar-refractivity contribution in [1.29, 1.82) is 0 Å². The average Bonchev–Trinajstić information content (AvgIpc) is 2.26. The molecule has 0 aliphatic carbocycles. The molecule has 0 fully saturated rings. The predicted molar refractivity (Wildman–Crippen MR) is 69.4 cm³/mol. The van der Waals surface area contributed by atoms with E-state index in [1.807, 2.05) is 6.92 Å². The minimum atomic E-state index is -0.119. The van der Waals surface area contributed by atoms with Crippen LogP contribution in [0.3, 0.4) is 0 Å². The van der Waals surface area contributed by atoms with Crippen LogP contribution in [-0.4, -0.2) is 18.6 Å². The summed E-state index contributed by atoms with van der Waals surface area (Å²) in [6.45, 7) is 6.10. The number of nitrogens with one attached hydrogen (secondary N) is 1. The van der Waals surface area contributed by atoms with Crippen molar-refractivity contribution in [2.75, 3.05) is 6.61 Å². The van der Waals surface area contributed by atoms with Crippen LogP contribution < -0.4 is 10.1 Å². The number of carbonyl (C=O) groups excluding carboxylic acids is 1. The lowest BCUT2D eigenvalue weighted by Crippen LogP contribution is -2.38. The Hall–Kier alpha value is -1.22. The third-order valence-corrected chi connectivity index (χ3v) is 2.79. The monoisotopic (exact) mass is 255 g/mol. The maximum atomic E-state index is 11.5. The molecule has 1 rings (SSSR count). The fourth-order valence-electron chi connectivity index (χ4n) is 1.17. The van der Waals surface area contributed by atoms with E-state index in [0.717, 1.165) is 0 Å². The maximum Gasteiger partial charge on any atom is 0.258 e. The molecule has 0 saturated heterocycles. The Kier molecular flexibility index (Phi) is 5.29. The molecule has 0 heterocycles. The van der Waals surface area contributed by atoms with E-state index in [0.29, 0.717) is 16.7 Å². The fourth-order valence-corrected chi connectivity index (χ4v) is 1.35. The minimum Gasteiger partial charge on any atom is -0.484 e. The third kappa shape index (κ3) is 5.09. The van der Waals surface area contributed by atoms with Crippen LogP contribution in [0.4, 0.5) is 0 Å². The number of rotatable bonds is 5. The van der Waals surface area contributed by atoms with Crippen molar-refractivity contribution in [2.24, 2.45) is 5.92 Å². The first kappa shape index (κ1) is 13.8. The number of ether oxygens (including phenoxy) is 1. The Labute approximate surface area is 107 Å². The Balaban J connectivity index is 2.38. The molecule has 0 aliphatic rings. The third-order valence-electron chi connectivity index (χ3n) is 2.55. The fraction of sp³-hybridized carbons (Fsp3) is 0.462. The van der Waals surface area contributed by atoms with E-state index in [-0.39, 0.29) is 18.6 Å². The molecular formula is C13H18ClNO2. The van der Waals surface area contributed by atoms with Gasteiger partial charge in [-0.05, 0) is 31.0 Å². The summed E-state index contributed by atoms with van der Waals surface area (Å²) in [6.07, 6.45) is 0. The molecule has 0 unspecified atom stereocenters. The van der Waals surface area contributed by atoms with Crippen LogP contribution in [0, 0.1) is 5.92 Å². The van der Waals surface area contributed by atoms with Gasteiger partial charge in [-0.3, -0.25) is 4.79 Å². The van der Waals surface area contributed by atoms with Gasteiger partial charge >= 0.3 is 0 Å². The molecule has 1 atom stereocenters. The van der Waals surface area contributed by atoms with Crippen LogP contribution in [0.5, 0.6) is 5.75 Å². The van der Waals surface area contributed by atoms with Crippen LogP contribution in [0.25, 0.3) is 0 Å². The van der Waals surface area contributed by atoms with Gasteiger partial charge in [0.1, 0.15) is 5.75 Å². The van der Waals surface area contributed by atoms with E-state index in [1.54, 1.807) is 24.3 Å². The van der Waals surface area contributed by atoms with Crippen molar-refractivity contribution in [2.45, 2.75) is 26.8 Å². The maximum absolute atomic E-state index is 11.5. The van der Waals surface area contributed by atoms with Gasteiger partial charge in [-0.2, -0.15) is 0 Å². The quantitative estimate of drug-likeness (QED) is 0.879. The molecular weight excluding hydrogens is 238 g/mol. The smallest absolute Gasteiger partial charge is 0.258 e. The van der Waals surface area contributed by atoms with Crippen molar-refractivity contribution >= 4 is 17.5 Å². The molecule has 4 heteroatoms. The zero-order valence-corrected chi connectivity index (χ0v) is 11.1. The lowest BCUT2D eigenvalue weighted by atomic mass is 10.1. The second-order valence-corrected chi connectivity index (χ2v) is 4.78. The highest BCUT2D eigenvalue weighted by atomic mass is 35.5. The zero-order chi connectivity index (χ0) is 12.8. The highest BCUT2D eigenvalue weighted by Crippen LogP contribution is 2.16. The molecule has 1 amide bonds. The summed E-state index contributed by atoms with van der Waals surface area (Å²) in [6, 6.07) is 7.14. The Morgan fingerprint density at radius 1 is 1.41 bits per heavy atom. The van der Waals surface area contributed by atoms with Gasteiger partial charge in [0, 0.05) is 11.1 Å². The first-order valence-corrected chi connectivity index (χ1v) is 6.04. The Morgan fingerprint density at radius 2 is 2.12 bits per heavy atom. The SMILES string of the molecule is CC(C)[C@@H](C)NC(=O)COc1cccc(Cl)c1. The van der Waals surface area contributed by atoms with E-state index in [9.17, 15) is 4.79 Å². The van der Waals surface area contributed by atoms with Crippen molar-refractivity contribution in [3.05, 3.63) is 29.3 Å². The molecule has 1 aromatic carbocycles. The van der Waals surface area contributed by atoms with Crippen LogP contribution in [-0.2, 0) is 4.79 Å².